The molecule has 0 bridgehead atoms. The zero-order valence-corrected chi connectivity index (χ0v) is 16.8. The van der Waals surface area contributed by atoms with Crippen LogP contribution in [0.1, 0.15) is 83.5 Å². The summed E-state index contributed by atoms with van der Waals surface area (Å²) in [5.74, 6) is 1.05. The summed E-state index contributed by atoms with van der Waals surface area (Å²) in [4.78, 5) is 0. The van der Waals surface area contributed by atoms with Crippen LogP contribution in [0.25, 0.3) is 0 Å². The first kappa shape index (κ1) is 21.4. The zero-order valence-electron chi connectivity index (χ0n) is 12.7. The van der Waals surface area contributed by atoms with Crippen molar-refractivity contribution >= 4 is 51.9 Å². The van der Waals surface area contributed by atoms with E-state index in [1.807, 2.05) is 0 Å². The molecule has 0 N–H and O–H groups in total. The monoisotopic (exact) mass is 376 g/mol. The van der Waals surface area contributed by atoms with E-state index in [0.29, 0.717) is 0 Å². The summed E-state index contributed by atoms with van der Waals surface area (Å²) in [6.07, 6.45) is 17.4. The number of unbranched alkanes of at least 4 members (excludes halogenated alkanes) is 12. The maximum Gasteiger partial charge on any atom is 0.341 e. The molecule has 0 atom stereocenters. The van der Waals surface area contributed by atoms with Crippen LogP contribution in [0.2, 0.25) is 6.04 Å². The summed E-state index contributed by atoms with van der Waals surface area (Å²) < 4.78 is 0. The van der Waals surface area contributed by atoms with E-state index in [2.05, 4.69) is 12.6 Å². The highest BCUT2D eigenvalue weighted by molar-refractivity contribution is 7.80. The van der Waals surface area contributed by atoms with E-state index in [0.717, 1.165) is 18.2 Å². The molecule has 20 heavy (non-hydrogen) atoms. The maximum absolute atomic E-state index is 5.85. The topological polar surface area (TPSA) is 0 Å². The molecule has 0 nitrogen and oxygen atoms in total. The van der Waals surface area contributed by atoms with Crippen LogP contribution in [0, 0.1) is 0 Å². The lowest BCUT2D eigenvalue weighted by atomic mass is 10.0. The Bertz CT molecular complexity index is 198. The van der Waals surface area contributed by atoms with Crippen LogP contribution in [-0.2, 0) is 0 Å². The molecular weight excluding hydrogens is 347 g/mol. The van der Waals surface area contributed by atoms with Gasteiger partial charge in [0.1, 0.15) is 0 Å². The van der Waals surface area contributed by atoms with E-state index >= 15 is 0 Å². The van der Waals surface area contributed by atoms with Crippen molar-refractivity contribution in [2.75, 3.05) is 5.75 Å². The molecule has 0 rings (SSSR count). The summed E-state index contributed by atoms with van der Waals surface area (Å²) in [6.45, 7) is 0. The first-order valence-electron chi connectivity index (χ1n) is 8.24. The predicted molar refractivity (Wildman–Crippen MR) is 102 cm³/mol. The van der Waals surface area contributed by atoms with Gasteiger partial charge in [-0.2, -0.15) is 12.6 Å². The molecule has 0 aliphatic heterocycles. The van der Waals surface area contributed by atoms with Crippen LogP contribution >= 0.6 is 45.9 Å². The molecule has 0 spiro atoms. The van der Waals surface area contributed by atoms with Gasteiger partial charge in [0.05, 0.1) is 0 Å². The molecule has 5 heteroatoms. The van der Waals surface area contributed by atoms with E-state index in [1.165, 1.54) is 77.0 Å². The second kappa shape index (κ2) is 15.3. The van der Waals surface area contributed by atoms with Crippen LogP contribution < -0.4 is 0 Å². The van der Waals surface area contributed by atoms with Crippen LogP contribution in [0.3, 0.4) is 0 Å². The zero-order chi connectivity index (χ0) is 15.1. The minimum absolute atomic E-state index is 0.824. The minimum Gasteiger partial charge on any atom is -0.179 e. The SMILES string of the molecule is SCCCCCCCCCCCCCCC[Si](Cl)(Cl)Cl. The molecule has 0 aliphatic rings. The van der Waals surface area contributed by atoms with Crippen LogP contribution in [0.4, 0.5) is 0 Å². The van der Waals surface area contributed by atoms with Gasteiger partial charge in [0.25, 0.3) is 0 Å². The lowest BCUT2D eigenvalue weighted by molar-refractivity contribution is 0.543. The summed E-state index contributed by atoms with van der Waals surface area (Å²) in [5.41, 5.74) is 0. The van der Waals surface area contributed by atoms with E-state index in [-0.39, 0.29) is 0 Å². The van der Waals surface area contributed by atoms with Crippen LogP contribution in [0.15, 0.2) is 0 Å². The summed E-state index contributed by atoms with van der Waals surface area (Å²) in [6, 6.07) is -1.52. The van der Waals surface area contributed by atoms with Crippen molar-refractivity contribution in [3.05, 3.63) is 0 Å². The average molecular weight is 378 g/mol. The van der Waals surface area contributed by atoms with Gasteiger partial charge in [0, 0.05) is 0 Å². The Hall–Kier alpha value is 1.44. The summed E-state index contributed by atoms with van der Waals surface area (Å²) in [5, 5.41) is 0. The molecule has 0 unspecified atom stereocenters. The van der Waals surface area contributed by atoms with Gasteiger partial charge >= 0.3 is 6.00 Å². The van der Waals surface area contributed by atoms with Crippen molar-refractivity contribution in [3.63, 3.8) is 0 Å². The number of thiol groups is 1. The maximum atomic E-state index is 5.85. The highest BCUT2D eigenvalue weighted by atomic mass is 35.8. The highest BCUT2D eigenvalue weighted by Crippen LogP contribution is 2.27. The summed E-state index contributed by atoms with van der Waals surface area (Å²) >= 11 is 21.8. The number of hydrogen-bond donors (Lipinski definition) is 1. The van der Waals surface area contributed by atoms with Crippen LogP contribution in [-0.4, -0.2) is 11.8 Å². The van der Waals surface area contributed by atoms with Crippen molar-refractivity contribution in [1.82, 2.24) is 0 Å². The van der Waals surface area contributed by atoms with Crippen molar-refractivity contribution in [1.29, 1.82) is 0 Å². The normalized spacial score (nSPS) is 12.0. The van der Waals surface area contributed by atoms with Gasteiger partial charge < -0.3 is 0 Å². The van der Waals surface area contributed by atoms with Crippen LogP contribution in [0.5, 0.6) is 0 Å². The first-order chi connectivity index (χ1) is 9.56. The average Bonchev–Trinajstić information content (AvgIpc) is 2.38. The molecule has 0 aliphatic carbocycles. The van der Waals surface area contributed by atoms with Crippen molar-refractivity contribution in [2.45, 2.75) is 89.5 Å². The Labute approximate surface area is 146 Å². The molecule has 0 saturated carbocycles. The van der Waals surface area contributed by atoms with E-state index < -0.39 is 6.00 Å². The standard InChI is InChI=1S/C15H31Cl3SSi/c16-20(17,18)15-13-11-9-7-5-3-1-2-4-6-8-10-12-14-19/h19H,1-15H2. The quantitative estimate of drug-likeness (QED) is 0.129. The lowest BCUT2D eigenvalue weighted by Crippen LogP contribution is -2.07. The fourth-order valence-electron chi connectivity index (χ4n) is 2.38. The number of rotatable bonds is 15. The van der Waals surface area contributed by atoms with Crippen molar-refractivity contribution < 1.29 is 0 Å². The molecule has 122 valence electrons. The smallest absolute Gasteiger partial charge is 0.179 e. The van der Waals surface area contributed by atoms with Crippen molar-refractivity contribution in [2.24, 2.45) is 0 Å². The molecule has 0 amide bonds. The largest absolute Gasteiger partial charge is 0.341 e. The fourth-order valence-corrected chi connectivity index (χ4v) is 4.46. The van der Waals surface area contributed by atoms with Gasteiger partial charge in [-0.05, 0) is 18.2 Å². The van der Waals surface area contributed by atoms with E-state index in [1.54, 1.807) is 0 Å². The second-order valence-electron chi connectivity index (χ2n) is 5.68. The molecule has 0 heterocycles. The third kappa shape index (κ3) is 19.4. The number of halogens is 3. The molecule has 0 aromatic carbocycles. The van der Waals surface area contributed by atoms with Gasteiger partial charge in [0.15, 0.2) is 0 Å². The molecule has 0 radical (unpaired) electrons. The van der Waals surface area contributed by atoms with Gasteiger partial charge in [-0.3, -0.25) is 0 Å². The Kier molecular flexibility index (Phi) is 16.4. The third-order valence-electron chi connectivity index (χ3n) is 3.62. The second-order valence-corrected chi connectivity index (χ2v) is 15.4. The van der Waals surface area contributed by atoms with E-state index in [4.69, 9.17) is 33.2 Å². The van der Waals surface area contributed by atoms with E-state index in [9.17, 15) is 0 Å². The van der Waals surface area contributed by atoms with Gasteiger partial charge in [-0.25, -0.2) is 0 Å². The van der Waals surface area contributed by atoms with Gasteiger partial charge in [-0.1, -0.05) is 77.0 Å². The molecule has 0 aromatic heterocycles. The highest BCUT2D eigenvalue weighted by Gasteiger charge is 2.23. The predicted octanol–water partition coefficient (Wildman–Crippen LogP) is 7.64. The third-order valence-corrected chi connectivity index (χ3v) is 6.56. The molecular formula is C15H31Cl3SSi. The Balaban J connectivity index is 2.99. The first-order valence-corrected chi connectivity index (χ1v) is 14.1. The molecule has 0 fully saturated rings. The van der Waals surface area contributed by atoms with Gasteiger partial charge in [-0.15, -0.1) is 33.2 Å². The van der Waals surface area contributed by atoms with Crippen molar-refractivity contribution in [3.8, 4) is 0 Å². The molecule has 0 saturated heterocycles. The minimum atomic E-state index is -2.35. The van der Waals surface area contributed by atoms with Gasteiger partial charge in [0.2, 0.25) is 0 Å². The Morgan fingerprint density at radius 1 is 0.500 bits per heavy atom. The lowest BCUT2D eigenvalue weighted by Gasteiger charge is -2.06. The Morgan fingerprint density at radius 2 is 0.800 bits per heavy atom. The summed E-state index contributed by atoms with van der Waals surface area (Å²) in [7, 11) is 0. The Morgan fingerprint density at radius 3 is 1.10 bits per heavy atom. The fraction of sp³-hybridized carbons (Fsp3) is 1.00. The molecule has 0 aromatic rings. The number of hydrogen-bond acceptors (Lipinski definition) is 1.